The van der Waals surface area contributed by atoms with Crippen LogP contribution < -0.4 is 0 Å². The number of nitro benzene ring substituents is 1. The van der Waals surface area contributed by atoms with E-state index in [4.69, 9.17) is 0 Å². The standard InChI is InChI=1S/C18H18N4O4.ClH/c1-12(23)20(2)17-11-21(24)18(13-6-4-3-5-7-13)15-10-14(22(25)26)8-9-16(15)19-17;/h3-10,12,23H,11H2,1-2H3;1H. The molecule has 1 N–H and O–H groups in total. The highest BCUT2D eigenvalue weighted by Gasteiger charge is 2.28. The Morgan fingerprint density at radius 1 is 1.26 bits per heavy atom. The highest BCUT2D eigenvalue weighted by atomic mass is 35.5. The van der Waals surface area contributed by atoms with Gasteiger partial charge in [-0.2, -0.15) is 4.74 Å². The molecule has 2 aromatic rings. The second-order valence-electron chi connectivity index (χ2n) is 5.98. The minimum Gasteiger partial charge on any atom is -0.623 e. The second-order valence-corrected chi connectivity index (χ2v) is 5.98. The van der Waals surface area contributed by atoms with Crippen molar-refractivity contribution in [3.63, 3.8) is 0 Å². The largest absolute Gasteiger partial charge is 0.623 e. The van der Waals surface area contributed by atoms with Crippen molar-refractivity contribution < 1.29 is 14.8 Å². The van der Waals surface area contributed by atoms with Gasteiger partial charge < -0.3 is 15.2 Å². The van der Waals surface area contributed by atoms with Crippen LogP contribution in [0.3, 0.4) is 0 Å². The Labute approximate surface area is 162 Å². The number of nitrogens with zero attached hydrogens (tertiary/aromatic N) is 4. The van der Waals surface area contributed by atoms with Gasteiger partial charge in [-0.25, -0.2) is 4.99 Å². The molecule has 0 amide bonds. The van der Waals surface area contributed by atoms with Gasteiger partial charge in [0.1, 0.15) is 6.23 Å². The fraction of sp³-hybridized carbons (Fsp3) is 0.222. The Kier molecular flexibility index (Phi) is 6.14. The predicted octanol–water partition coefficient (Wildman–Crippen LogP) is 2.68. The summed E-state index contributed by atoms with van der Waals surface area (Å²) in [6.07, 6.45) is -0.832. The Bertz CT molecular complexity index is 913. The number of benzene rings is 2. The number of hydrogen-bond donors (Lipinski definition) is 1. The molecule has 2 aromatic carbocycles. The van der Waals surface area contributed by atoms with Gasteiger partial charge in [-0.05, 0) is 25.1 Å². The molecule has 0 spiro atoms. The maximum atomic E-state index is 12.9. The molecule has 0 aliphatic carbocycles. The van der Waals surface area contributed by atoms with Crippen LogP contribution in [0, 0.1) is 15.3 Å². The summed E-state index contributed by atoms with van der Waals surface area (Å²) in [5.41, 5.74) is 1.65. The number of nitro groups is 1. The number of non-ortho nitro benzene ring substituents is 1. The number of aliphatic imine (C=N–C) groups is 1. The zero-order valence-corrected chi connectivity index (χ0v) is 15.6. The maximum absolute atomic E-state index is 12.9. The van der Waals surface area contributed by atoms with Crippen molar-refractivity contribution in [2.24, 2.45) is 4.99 Å². The van der Waals surface area contributed by atoms with Gasteiger partial charge in [0.15, 0.2) is 5.84 Å². The molecule has 1 atom stereocenters. The highest BCUT2D eigenvalue weighted by molar-refractivity contribution is 6.14. The summed E-state index contributed by atoms with van der Waals surface area (Å²) in [5, 5.41) is 33.9. The fourth-order valence-corrected chi connectivity index (χ4v) is 2.74. The first kappa shape index (κ1) is 20.3. The number of likely N-dealkylation sites (N-methyl/N-ethyl adjacent to an activating group) is 1. The minimum atomic E-state index is -0.832. The van der Waals surface area contributed by atoms with Crippen LogP contribution in [-0.2, 0) is 0 Å². The summed E-state index contributed by atoms with van der Waals surface area (Å²) >= 11 is 0. The van der Waals surface area contributed by atoms with Gasteiger partial charge in [0.05, 0.1) is 16.2 Å². The van der Waals surface area contributed by atoms with E-state index in [9.17, 15) is 20.4 Å². The number of hydrogen-bond acceptors (Lipinski definition) is 6. The van der Waals surface area contributed by atoms with E-state index >= 15 is 0 Å². The smallest absolute Gasteiger partial charge is 0.270 e. The predicted molar refractivity (Wildman–Crippen MR) is 105 cm³/mol. The van der Waals surface area contributed by atoms with Gasteiger partial charge >= 0.3 is 0 Å². The Hall–Kier alpha value is -2.97. The van der Waals surface area contributed by atoms with Crippen LogP contribution in [0.4, 0.5) is 11.4 Å². The van der Waals surface area contributed by atoms with Crippen LogP contribution >= 0.6 is 12.4 Å². The summed E-state index contributed by atoms with van der Waals surface area (Å²) in [7, 11) is 1.63. The van der Waals surface area contributed by atoms with Crippen LogP contribution in [0.1, 0.15) is 18.1 Å². The summed E-state index contributed by atoms with van der Waals surface area (Å²) in [6, 6.07) is 13.2. The van der Waals surface area contributed by atoms with Crippen LogP contribution in [0.2, 0.25) is 0 Å². The van der Waals surface area contributed by atoms with Gasteiger partial charge in [0.2, 0.25) is 12.3 Å². The molecule has 1 aliphatic heterocycles. The van der Waals surface area contributed by atoms with Crippen molar-refractivity contribution in [2.75, 3.05) is 13.6 Å². The first-order valence-electron chi connectivity index (χ1n) is 8.03. The average molecular weight is 391 g/mol. The van der Waals surface area contributed by atoms with E-state index < -0.39 is 11.2 Å². The topological polar surface area (TPSA) is 105 Å². The van der Waals surface area contributed by atoms with Gasteiger partial charge in [0, 0.05) is 24.7 Å². The average Bonchev–Trinajstić information content (AvgIpc) is 2.76. The minimum absolute atomic E-state index is 0. The number of hydroxylamine groups is 1. The van der Waals surface area contributed by atoms with Gasteiger partial charge in [-0.1, -0.05) is 18.2 Å². The third-order valence-electron chi connectivity index (χ3n) is 4.24. The second kappa shape index (κ2) is 8.15. The molecule has 3 rings (SSSR count). The van der Waals surface area contributed by atoms with E-state index in [1.165, 1.54) is 23.1 Å². The number of rotatable bonds is 3. The Balaban J connectivity index is 0.00000261. The van der Waals surface area contributed by atoms with Crippen molar-refractivity contribution in [3.05, 3.63) is 75.0 Å². The molecule has 0 radical (unpaired) electrons. The summed E-state index contributed by atoms with van der Waals surface area (Å²) in [6.45, 7) is 1.48. The van der Waals surface area contributed by atoms with E-state index in [-0.39, 0.29) is 24.6 Å². The van der Waals surface area contributed by atoms with E-state index in [0.29, 0.717) is 28.4 Å². The van der Waals surface area contributed by atoms with Crippen molar-refractivity contribution >= 4 is 35.3 Å². The lowest BCUT2D eigenvalue weighted by atomic mass is 10.00. The molecule has 9 heteroatoms. The molecular formula is C18H19ClN4O4. The van der Waals surface area contributed by atoms with Crippen LogP contribution in [-0.4, -0.2) is 51.0 Å². The molecule has 27 heavy (non-hydrogen) atoms. The zero-order valence-electron chi connectivity index (χ0n) is 14.8. The maximum Gasteiger partial charge on any atom is 0.270 e. The highest BCUT2D eigenvalue weighted by Crippen LogP contribution is 2.29. The number of aliphatic hydroxyl groups is 1. The first-order valence-corrected chi connectivity index (χ1v) is 8.03. The molecule has 0 saturated heterocycles. The van der Waals surface area contributed by atoms with Crippen molar-refractivity contribution in [1.82, 2.24) is 4.90 Å². The molecule has 0 aromatic heterocycles. The Morgan fingerprint density at radius 2 is 1.93 bits per heavy atom. The van der Waals surface area contributed by atoms with E-state index in [1.807, 2.05) is 6.07 Å². The van der Waals surface area contributed by atoms with E-state index in [0.717, 1.165) is 4.74 Å². The molecule has 1 aliphatic rings. The summed E-state index contributed by atoms with van der Waals surface area (Å²) < 4.78 is 0.753. The van der Waals surface area contributed by atoms with Gasteiger partial charge in [-0.15, -0.1) is 12.4 Å². The van der Waals surface area contributed by atoms with Crippen molar-refractivity contribution in [3.8, 4) is 0 Å². The van der Waals surface area contributed by atoms with E-state index in [2.05, 4.69) is 4.99 Å². The molecule has 8 nitrogen and oxygen atoms in total. The van der Waals surface area contributed by atoms with Crippen LogP contribution in [0.5, 0.6) is 0 Å². The van der Waals surface area contributed by atoms with Crippen LogP contribution in [0.15, 0.2) is 53.5 Å². The molecule has 0 saturated carbocycles. The number of amidine groups is 1. The normalized spacial score (nSPS) is 14.4. The molecule has 1 unspecified atom stereocenters. The lowest BCUT2D eigenvalue weighted by Gasteiger charge is -2.22. The SMILES string of the molecule is CC(O)N(C)C1=Nc2ccc([N+](=O)[O-])cc2C(c2ccccc2)=[N+]([O-])C1.Cl. The number of aliphatic hydroxyl groups excluding tert-OH is 1. The third-order valence-corrected chi connectivity index (χ3v) is 4.24. The molecule has 1 heterocycles. The number of fused-ring (bicyclic) bond motifs is 1. The van der Waals surface area contributed by atoms with Gasteiger partial charge in [0.25, 0.3) is 5.69 Å². The third kappa shape index (κ3) is 4.07. The lowest BCUT2D eigenvalue weighted by molar-refractivity contribution is -0.440. The monoisotopic (exact) mass is 390 g/mol. The fourth-order valence-electron chi connectivity index (χ4n) is 2.74. The van der Waals surface area contributed by atoms with Gasteiger partial charge in [-0.3, -0.25) is 10.1 Å². The Morgan fingerprint density at radius 3 is 2.52 bits per heavy atom. The summed E-state index contributed by atoms with van der Waals surface area (Å²) in [4.78, 5) is 16.7. The quantitative estimate of drug-likeness (QED) is 0.285. The lowest BCUT2D eigenvalue weighted by Crippen LogP contribution is -2.39. The molecular weight excluding hydrogens is 372 g/mol. The molecule has 0 bridgehead atoms. The summed E-state index contributed by atoms with van der Waals surface area (Å²) in [5.74, 6) is 0.371. The van der Waals surface area contributed by atoms with Crippen molar-refractivity contribution in [2.45, 2.75) is 13.2 Å². The number of halogens is 1. The van der Waals surface area contributed by atoms with E-state index in [1.54, 1.807) is 38.2 Å². The molecule has 142 valence electrons. The zero-order chi connectivity index (χ0) is 18.8. The first-order chi connectivity index (χ1) is 12.4. The van der Waals surface area contributed by atoms with Crippen molar-refractivity contribution in [1.29, 1.82) is 0 Å². The molecule has 0 fully saturated rings. The van der Waals surface area contributed by atoms with Crippen LogP contribution in [0.25, 0.3) is 0 Å².